The number of hydrogen-bond donors (Lipinski definition) is 1. The first kappa shape index (κ1) is 14.5. The van der Waals surface area contributed by atoms with Gasteiger partial charge in [-0.15, -0.1) is 0 Å². The lowest BCUT2D eigenvalue weighted by Crippen LogP contribution is -2.30. The third-order valence-corrected chi connectivity index (χ3v) is 3.52. The second-order valence-electron chi connectivity index (χ2n) is 4.27. The van der Waals surface area contributed by atoms with E-state index in [0.717, 1.165) is 5.69 Å². The van der Waals surface area contributed by atoms with Crippen LogP contribution in [0.25, 0.3) is 0 Å². The number of anilines is 2. The molecule has 0 fully saturated rings. The number of benzene rings is 2. The van der Waals surface area contributed by atoms with Crippen LogP contribution in [0.5, 0.6) is 0 Å². The van der Waals surface area contributed by atoms with Crippen molar-refractivity contribution in [2.45, 2.75) is 6.92 Å². The third kappa shape index (κ3) is 2.99. The largest absolute Gasteiger partial charge is 0.399 e. The summed E-state index contributed by atoms with van der Waals surface area (Å²) in [5.41, 5.74) is 7.47. The van der Waals surface area contributed by atoms with Crippen LogP contribution in [0.15, 0.2) is 46.9 Å². The smallest absolute Gasteiger partial charge is 0.258 e. The molecule has 0 radical (unpaired) electrons. The average Bonchev–Trinajstić information content (AvgIpc) is 2.42. The van der Waals surface area contributed by atoms with Gasteiger partial charge in [0.05, 0.1) is 4.47 Å². The Bertz CT molecular complexity index is 646. The zero-order valence-electron chi connectivity index (χ0n) is 10.9. The first-order valence-corrected chi connectivity index (χ1v) is 6.94. The summed E-state index contributed by atoms with van der Waals surface area (Å²) < 4.78 is 13.5. The highest BCUT2D eigenvalue weighted by Gasteiger charge is 2.17. The highest BCUT2D eigenvalue weighted by atomic mass is 79.9. The van der Waals surface area contributed by atoms with Gasteiger partial charge >= 0.3 is 0 Å². The van der Waals surface area contributed by atoms with E-state index in [2.05, 4.69) is 15.9 Å². The molecule has 1 amide bonds. The van der Waals surface area contributed by atoms with E-state index in [1.165, 1.54) is 18.2 Å². The molecule has 0 bridgehead atoms. The molecule has 2 aromatic rings. The van der Waals surface area contributed by atoms with Gasteiger partial charge in [0.25, 0.3) is 5.91 Å². The van der Waals surface area contributed by atoms with Crippen molar-refractivity contribution in [1.82, 2.24) is 0 Å². The number of carbonyl (C=O) groups is 1. The zero-order chi connectivity index (χ0) is 14.7. The van der Waals surface area contributed by atoms with Gasteiger partial charge in [-0.3, -0.25) is 4.79 Å². The molecular formula is C15H14BrFN2O. The molecule has 20 heavy (non-hydrogen) atoms. The van der Waals surface area contributed by atoms with Gasteiger partial charge in [-0.1, -0.05) is 6.07 Å². The Hall–Kier alpha value is -1.88. The Balaban J connectivity index is 2.36. The SMILES string of the molecule is CCN(C(=O)c1ccc(F)c(Br)c1)c1cccc(N)c1. The van der Waals surface area contributed by atoms with Crippen molar-refractivity contribution in [2.75, 3.05) is 17.2 Å². The molecule has 5 heteroatoms. The Morgan fingerprint density at radius 1 is 1.30 bits per heavy atom. The van der Waals surface area contributed by atoms with Gasteiger partial charge in [-0.05, 0) is 59.3 Å². The maximum Gasteiger partial charge on any atom is 0.258 e. The van der Waals surface area contributed by atoms with Crippen LogP contribution in [-0.2, 0) is 0 Å². The van der Waals surface area contributed by atoms with E-state index in [4.69, 9.17) is 5.73 Å². The minimum absolute atomic E-state index is 0.196. The van der Waals surface area contributed by atoms with E-state index in [1.54, 1.807) is 23.1 Å². The maximum atomic E-state index is 13.2. The number of nitrogen functional groups attached to an aromatic ring is 1. The molecule has 0 aromatic heterocycles. The Labute approximate surface area is 125 Å². The van der Waals surface area contributed by atoms with Crippen LogP contribution < -0.4 is 10.6 Å². The molecular weight excluding hydrogens is 323 g/mol. The van der Waals surface area contributed by atoms with Crippen LogP contribution >= 0.6 is 15.9 Å². The van der Waals surface area contributed by atoms with Crippen LogP contribution in [0.1, 0.15) is 17.3 Å². The first-order valence-electron chi connectivity index (χ1n) is 6.15. The van der Waals surface area contributed by atoms with Crippen LogP contribution in [-0.4, -0.2) is 12.5 Å². The molecule has 0 heterocycles. The third-order valence-electron chi connectivity index (χ3n) is 2.91. The van der Waals surface area contributed by atoms with Crippen molar-refractivity contribution >= 4 is 33.2 Å². The molecule has 0 unspecified atom stereocenters. The lowest BCUT2D eigenvalue weighted by molar-refractivity contribution is 0.0988. The zero-order valence-corrected chi connectivity index (χ0v) is 12.5. The predicted octanol–water partition coefficient (Wildman–Crippen LogP) is 3.84. The molecule has 0 saturated heterocycles. The normalized spacial score (nSPS) is 10.3. The minimum Gasteiger partial charge on any atom is -0.399 e. The molecule has 2 aromatic carbocycles. The summed E-state index contributed by atoms with van der Waals surface area (Å²) in [7, 11) is 0. The van der Waals surface area contributed by atoms with E-state index in [0.29, 0.717) is 17.8 Å². The molecule has 104 valence electrons. The lowest BCUT2D eigenvalue weighted by atomic mass is 10.1. The van der Waals surface area contributed by atoms with Crippen LogP contribution in [0.4, 0.5) is 15.8 Å². The highest BCUT2D eigenvalue weighted by Crippen LogP contribution is 2.22. The van der Waals surface area contributed by atoms with Gasteiger partial charge in [0.1, 0.15) is 5.82 Å². The van der Waals surface area contributed by atoms with Crippen molar-refractivity contribution in [3.63, 3.8) is 0 Å². The fraction of sp³-hybridized carbons (Fsp3) is 0.133. The molecule has 0 aliphatic heterocycles. The van der Waals surface area contributed by atoms with Gasteiger partial charge in [0, 0.05) is 23.5 Å². The summed E-state index contributed by atoms with van der Waals surface area (Å²) in [6.07, 6.45) is 0. The van der Waals surface area contributed by atoms with Crippen molar-refractivity contribution < 1.29 is 9.18 Å². The lowest BCUT2D eigenvalue weighted by Gasteiger charge is -2.21. The van der Waals surface area contributed by atoms with Gasteiger partial charge in [0.2, 0.25) is 0 Å². The van der Waals surface area contributed by atoms with Crippen molar-refractivity contribution in [3.8, 4) is 0 Å². The monoisotopic (exact) mass is 336 g/mol. The van der Waals surface area contributed by atoms with Crippen LogP contribution in [0, 0.1) is 5.82 Å². The van der Waals surface area contributed by atoms with Gasteiger partial charge in [-0.25, -0.2) is 4.39 Å². The minimum atomic E-state index is -0.395. The number of nitrogens with zero attached hydrogens (tertiary/aromatic N) is 1. The Morgan fingerprint density at radius 2 is 2.05 bits per heavy atom. The number of nitrogens with two attached hydrogens (primary N) is 1. The van der Waals surface area contributed by atoms with E-state index in [-0.39, 0.29) is 10.4 Å². The summed E-state index contributed by atoms with van der Waals surface area (Å²) >= 11 is 3.09. The van der Waals surface area contributed by atoms with E-state index in [9.17, 15) is 9.18 Å². The molecule has 0 aliphatic carbocycles. The summed E-state index contributed by atoms with van der Waals surface area (Å²) in [6, 6.07) is 11.3. The summed E-state index contributed by atoms with van der Waals surface area (Å²) in [4.78, 5) is 14.1. The fourth-order valence-corrected chi connectivity index (χ4v) is 2.30. The summed E-state index contributed by atoms with van der Waals surface area (Å²) in [5, 5.41) is 0. The van der Waals surface area contributed by atoms with E-state index in [1.807, 2.05) is 13.0 Å². The number of halogens is 2. The highest BCUT2D eigenvalue weighted by molar-refractivity contribution is 9.10. The molecule has 2 rings (SSSR count). The molecule has 3 nitrogen and oxygen atoms in total. The Kier molecular flexibility index (Phi) is 4.39. The topological polar surface area (TPSA) is 46.3 Å². The van der Waals surface area contributed by atoms with Crippen molar-refractivity contribution in [2.24, 2.45) is 0 Å². The maximum absolute atomic E-state index is 13.2. The molecule has 0 spiro atoms. The average molecular weight is 337 g/mol. The second-order valence-corrected chi connectivity index (χ2v) is 5.13. The van der Waals surface area contributed by atoms with Gasteiger partial charge in [-0.2, -0.15) is 0 Å². The second kappa shape index (κ2) is 6.05. The predicted molar refractivity (Wildman–Crippen MR) is 82.3 cm³/mol. The molecule has 0 aliphatic rings. The van der Waals surface area contributed by atoms with Gasteiger partial charge in [0.15, 0.2) is 0 Å². The number of amides is 1. The number of hydrogen-bond acceptors (Lipinski definition) is 2. The first-order chi connectivity index (χ1) is 9.52. The summed E-state index contributed by atoms with van der Waals surface area (Å²) in [5.74, 6) is -0.590. The van der Waals surface area contributed by atoms with E-state index < -0.39 is 5.82 Å². The van der Waals surface area contributed by atoms with Crippen LogP contribution in [0.3, 0.4) is 0 Å². The molecule has 0 saturated carbocycles. The fourth-order valence-electron chi connectivity index (χ4n) is 1.92. The number of rotatable bonds is 3. The number of carbonyl (C=O) groups excluding carboxylic acids is 1. The van der Waals surface area contributed by atoms with Crippen molar-refractivity contribution in [1.29, 1.82) is 0 Å². The van der Waals surface area contributed by atoms with Crippen molar-refractivity contribution in [3.05, 3.63) is 58.3 Å². The standard InChI is InChI=1S/C15H14BrFN2O/c1-2-19(12-5-3-4-11(18)9-12)15(20)10-6-7-14(17)13(16)8-10/h3-9H,2,18H2,1H3. The van der Waals surface area contributed by atoms with Gasteiger partial charge < -0.3 is 10.6 Å². The quantitative estimate of drug-likeness (QED) is 0.865. The summed E-state index contributed by atoms with van der Waals surface area (Å²) in [6.45, 7) is 2.37. The molecule has 2 N–H and O–H groups in total. The Morgan fingerprint density at radius 3 is 2.65 bits per heavy atom. The van der Waals surface area contributed by atoms with E-state index >= 15 is 0 Å². The van der Waals surface area contributed by atoms with Crippen LogP contribution in [0.2, 0.25) is 0 Å². The molecule has 0 atom stereocenters.